The first-order valence-corrected chi connectivity index (χ1v) is 7.40. The molecule has 0 heterocycles. The van der Waals surface area contributed by atoms with Crippen LogP contribution in [0.3, 0.4) is 0 Å². The van der Waals surface area contributed by atoms with Crippen molar-refractivity contribution in [2.75, 3.05) is 5.75 Å². The largest absolute Gasteiger partial charge is 0.271 e. The minimum atomic E-state index is 0.172. The number of nitrogens with one attached hydrogen (secondary N) is 1. The molecule has 2 nitrogen and oxygen atoms in total. The number of benzene rings is 2. The van der Waals surface area contributed by atoms with Gasteiger partial charge in [0.25, 0.3) is 0 Å². The number of hydrogen-bond acceptors (Lipinski definition) is 3. The van der Waals surface area contributed by atoms with Gasteiger partial charge in [-0.25, -0.2) is 0 Å². The number of rotatable bonds is 5. The maximum Gasteiger partial charge on any atom is 0.0554 e. The summed E-state index contributed by atoms with van der Waals surface area (Å²) in [6.07, 6.45) is 0. The van der Waals surface area contributed by atoms with Crippen LogP contribution in [0.4, 0.5) is 0 Å². The summed E-state index contributed by atoms with van der Waals surface area (Å²) < 4.78 is 0. The van der Waals surface area contributed by atoms with Gasteiger partial charge < -0.3 is 0 Å². The highest BCUT2D eigenvalue weighted by Gasteiger charge is 2.10. The molecule has 0 bridgehead atoms. The summed E-state index contributed by atoms with van der Waals surface area (Å²) in [5.74, 6) is 6.61. The summed E-state index contributed by atoms with van der Waals surface area (Å²) in [5.41, 5.74) is 6.70. The monoisotopic (exact) mass is 272 g/mol. The molecule has 0 radical (unpaired) electrons. The number of hydrazine groups is 1. The van der Waals surface area contributed by atoms with Gasteiger partial charge in [0.1, 0.15) is 0 Å². The second kappa shape index (κ2) is 6.75. The molecule has 0 spiro atoms. The molecular formula is C16H20N2S. The highest BCUT2D eigenvalue weighted by Crippen LogP contribution is 2.25. The highest BCUT2D eigenvalue weighted by atomic mass is 32.2. The predicted molar refractivity (Wildman–Crippen MR) is 83.1 cm³/mol. The molecule has 3 N–H and O–H groups in total. The van der Waals surface area contributed by atoms with E-state index in [0.717, 1.165) is 5.75 Å². The van der Waals surface area contributed by atoms with Gasteiger partial charge in [-0.05, 0) is 31.5 Å². The second-order valence-electron chi connectivity index (χ2n) is 4.76. The van der Waals surface area contributed by atoms with Crippen molar-refractivity contribution in [2.24, 2.45) is 5.84 Å². The van der Waals surface area contributed by atoms with Crippen LogP contribution in [0.5, 0.6) is 0 Å². The molecule has 100 valence electrons. The molecule has 0 saturated carbocycles. The van der Waals surface area contributed by atoms with Crippen LogP contribution in [0, 0.1) is 13.8 Å². The normalized spacial score (nSPS) is 12.4. The van der Waals surface area contributed by atoms with Crippen LogP contribution in [0.1, 0.15) is 22.7 Å². The van der Waals surface area contributed by atoms with Crippen LogP contribution in [0.25, 0.3) is 0 Å². The maximum absolute atomic E-state index is 5.69. The Kier molecular flexibility index (Phi) is 5.02. The summed E-state index contributed by atoms with van der Waals surface area (Å²) in [6.45, 7) is 4.22. The lowest BCUT2D eigenvalue weighted by Gasteiger charge is -2.16. The molecule has 0 aliphatic heterocycles. The van der Waals surface area contributed by atoms with E-state index in [1.54, 1.807) is 0 Å². The summed E-state index contributed by atoms with van der Waals surface area (Å²) in [5, 5.41) is 0. The number of aryl methyl sites for hydroxylation is 2. The van der Waals surface area contributed by atoms with Crippen LogP contribution < -0.4 is 11.3 Å². The fraction of sp³-hybridized carbons (Fsp3) is 0.250. The van der Waals surface area contributed by atoms with Crippen molar-refractivity contribution in [3.63, 3.8) is 0 Å². The lowest BCUT2D eigenvalue weighted by Crippen LogP contribution is -2.29. The van der Waals surface area contributed by atoms with Crippen LogP contribution in [0.15, 0.2) is 53.4 Å². The van der Waals surface area contributed by atoms with Gasteiger partial charge in [-0.2, -0.15) is 0 Å². The smallest absolute Gasteiger partial charge is 0.0554 e. The van der Waals surface area contributed by atoms with E-state index in [4.69, 9.17) is 5.84 Å². The van der Waals surface area contributed by atoms with Crippen LogP contribution >= 0.6 is 11.8 Å². The molecule has 0 saturated heterocycles. The summed E-state index contributed by atoms with van der Waals surface area (Å²) >= 11 is 1.83. The third-order valence-electron chi connectivity index (χ3n) is 3.05. The Morgan fingerprint density at radius 1 is 1.05 bits per heavy atom. The molecule has 0 aliphatic rings. The van der Waals surface area contributed by atoms with E-state index < -0.39 is 0 Å². The Labute approximate surface area is 119 Å². The molecule has 2 aromatic carbocycles. The van der Waals surface area contributed by atoms with Gasteiger partial charge in [0.05, 0.1) is 6.04 Å². The van der Waals surface area contributed by atoms with Gasteiger partial charge in [0.2, 0.25) is 0 Å². The quantitative estimate of drug-likeness (QED) is 0.496. The van der Waals surface area contributed by atoms with Crippen molar-refractivity contribution in [2.45, 2.75) is 24.8 Å². The van der Waals surface area contributed by atoms with Crippen molar-refractivity contribution in [1.29, 1.82) is 0 Å². The molecule has 1 unspecified atom stereocenters. The molecule has 0 amide bonds. The average molecular weight is 272 g/mol. The minimum absolute atomic E-state index is 0.172. The SMILES string of the molecule is Cc1cccc(SCC(NN)c2cccc(C)c2)c1. The maximum atomic E-state index is 5.69. The van der Waals surface area contributed by atoms with Crippen molar-refractivity contribution in [3.05, 3.63) is 65.2 Å². The summed E-state index contributed by atoms with van der Waals surface area (Å²) in [4.78, 5) is 1.29. The second-order valence-corrected chi connectivity index (χ2v) is 5.85. The van der Waals surface area contributed by atoms with E-state index in [-0.39, 0.29) is 6.04 Å². The van der Waals surface area contributed by atoms with E-state index in [0.29, 0.717) is 0 Å². The first kappa shape index (κ1) is 14.1. The van der Waals surface area contributed by atoms with Gasteiger partial charge in [-0.1, -0.05) is 47.5 Å². The number of nitrogens with two attached hydrogens (primary N) is 1. The predicted octanol–water partition coefficient (Wildman–Crippen LogP) is 3.60. The van der Waals surface area contributed by atoms with E-state index in [1.165, 1.54) is 21.6 Å². The minimum Gasteiger partial charge on any atom is -0.271 e. The van der Waals surface area contributed by atoms with Gasteiger partial charge in [-0.3, -0.25) is 11.3 Å². The van der Waals surface area contributed by atoms with Crippen molar-refractivity contribution >= 4 is 11.8 Å². The fourth-order valence-corrected chi connectivity index (χ4v) is 3.10. The van der Waals surface area contributed by atoms with Gasteiger partial charge in [-0.15, -0.1) is 11.8 Å². The number of thioether (sulfide) groups is 1. The molecule has 1 atom stereocenters. The fourth-order valence-electron chi connectivity index (χ4n) is 2.01. The zero-order valence-corrected chi connectivity index (χ0v) is 12.2. The molecule has 0 fully saturated rings. The first-order chi connectivity index (χ1) is 9.19. The summed E-state index contributed by atoms with van der Waals surface area (Å²) in [6, 6.07) is 17.2. The van der Waals surface area contributed by atoms with E-state index in [9.17, 15) is 0 Å². The molecule has 0 aromatic heterocycles. The van der Waals surface area contributed by atoms with Gasteiger partial charge >= 0.3 is 0 Å². The molecule has 0 aliphatic carbocycles. The third kappa shape index (κ3) is 4.10. The molecular weight excluding hydrogens is 252 g/mol. The topological polar surface area (TPSA) is 38.0 Å². The average Bonchev–Trinajstić information content (AvgIpc) is 2.40. The van der Waals surface area contributed by atoms with Crippen LogP contribution in [0.2, 0.25) is 0 Å². The van der Waals surface area contributed by atoms with E-state index in [1.807, 2.05) is 11.8 Å². The Morgan fingerprint density at radius 2 is 1.74 bits per heavy atom. The molecule has 19 heavy (non-hydrogen) atoms. The molecule has 3 heteroatoms. The van der Waals surface area contributed by atoms with Crippen LogP contribution in [-0.2, 0) is 0 Å². The summed E-state index contributed by atoms with van der Waals surface area (Å²) in [7, 11) is 0. The Bertz CT molecular complexity index is 540. The van der Waals surface area contributed by atoms with Gasteiger partial charge in [0, 0.05) is 10.6 Å². The van der Waals surface area contributed by atoms with Crippen molar-refractivity contribution in [3.8, 4) is 0 Å². The zero-order chi connectivity index (χ0) is 13.7. The van der Waals surface area contributed by atoms with Crippen molar-refractivity contribution in [1.82, 2.24) is 5.43 Å². The lowest BCUT2D eigenvalue weighted by atomic mass is 10.1. The van der Waals surface area contributed by atoms with Crippen molar-refractivity contribution < 1.29 is 0 Å². The third-order valence-corrected chi connectivity index (χ3v) is 4.14. The number of hydrogen-bond donors (Lipinski definition) is 2. The Hall–Kier alpha value is -1.29. The zero-order valence-electron chi connectivity index (χ0n) is 11.4. The Morgan fingerprint density at radius 3 is 2.37 bits per heavy atom. The van der Waals surface area contributed by atoms with E-state index in [2.05, 4.69) is 67.8 Å². The van der Waals surface area contributed by atoms with E-state index >= 15 is 0 Å². The standard InChI is InChI=1S/C16H20N2S/c1-12-5-3-7-14(9-12)16(18-17)11-19-15-8-4-6-13(2)10-15/h3-10,16,18H,11,17H2,1-2H3. The van der Waals surface area contributed by atoms with Crippen LogP contribution in [-0.4, -0.2) is 5.75 Å². The first-order valence-electron chi connectivity index (χ1n) is 6.41. The lowest BCUT2D eigenvalue weighted by molar-refractivity contribution is 0.610. The Balaban J connectivity index is 2.04. The highest BCUT2D eigenvalue weighted by molar-refractivity contribution is 7.99. The molecule has 2 rings (SSSR count). The van der Waals surface area contributed by atoms with Gasteiger partial charge in [0.15, 0.2) is 0 Å². The molecule has 2 aromatic rings.